The van der Waals surface area contributed by atoms with Gasteiger partial charge in [0.25, 0.3) is 0 Å². The van der Waals surface area contributed by atoms with Crippen molar-refractivity contribution in [1.82, 2.24) is 5.32 Å². The molecule has 0 bridgehead atoms. The molecule has 2 atom stereocenters. The summed E-state index contributed by atoms with van der Waals surface area (Å²) in [5.41, 5.74) is 0. The molecule has 0 aromatic rings. The van der Waals surface area contributed by atoms with Crippen molar-refractivity contribution in [1.29, 1.82) is 0 Å². The molecule has 0 heterocycles. The number of carbonyl (C=O) groups excluding carboxylic acids is 2. The van der Waals surface area contributed by atoms with Gasteiger partial charge in [0, 0.05) is 12.8 Å². The molecule has 0 aliphatic carbocycles. The average molecular weight is 1360 g/mol. The SMILES string of the molecule is CCCCCC/C=C\C/C=C\CCCCCCCC(=O)OCCCCCCCCCCCCCCCCCCCC/C=C\CCCCCCCCCCCCCCCCCCCC(=O)NC(CO)C(O)CCCCCCCCCCCCCCCCCCCCCCCCCCC. The predicted octanol–water partition coefficient (Wildman–Crippen LogP) is 30.1. The third-order valence-corrected chi connectivity index (χ3v) is 21.2. The summed E-state index contributed by atoms with van der Waals surface area (Å²) in [4.78, 5) is 24.7. The molecule has 0 radical (unpaired) electrons. The monoisotopic (exact) mass is 1360 g/mol. The van der Waals surface area contributed by atoms with E-state index in [1.165, 1.54) is 424 Å². The number of ether oxygens (including phenoxy) is 1. The molecule has 0 aliphatic rings. The molecule has 3 N–H and O–H groups in total. The van der Waals surface area contributed by atoms with Gasteiger partial charge < -0.3 is 20.3 Å². The van der Waals surface area contributed by atoms with Crippen molar-refractivity contribution in [2.75, 3.05) is 13.2 Å². The van der Waals surface area contributed by atoms with Crippen LogP contribution < -0.4 is 5.32 Å². The van der Waals surface area contributed by atoms with Crippen LogP contribution in [0.2, 0.25) is 0 Å². The number of allylic oxidation sites excluding steroid dienone is 6. The van der Waals surface area contributed by atoms with Crippen molar-refractivity contribution in [2.45, 2.75) is 520 Å². The number of amides is 1. The van der Waals surface area contributed by atoms with Crippen LogP contribution in [0.3, 0.4) is 0 Å². The van der Waals surface area contributed by atoms with Crippen LogP contribution in [0, 0.1) is 0 Å². The Morgan fingerprint density at radius 1 is 0.289 bits per heavy atom. The molecule has 0 saturated heterocycles. The first-order valence-corrected chi connectivity index (χ1v) is 44.7. The molecule has 0 saturated carbocycles. The van der Waals surface area contributed by atoms with Gasteiger partial charge in [0.15, 0.2) is 0 Å². The second-order valence-corrected chi connectivity index (χ2v) is 30.9. The summed E-state index contributed by atoms with van der Waals surface area (Å²) in [7, 11) is 0. The average Bonchev–Trinajstić information content (AvgIpc) is 3.72. The molecular formula is C91H175NO5. The molecule has 0 aliphatic heterocycles. The smallest absolute Gasteiger partial charge is 0.305 e. The van der Waals surface area contributed by atoms with Crippen molar-refractivity contribution in [3.8, 4) is 0 Å². The summed E-state index contributed by atoms with van der Waals surface area (Å²) in [5.74, 6) is -0.0144. The van der Waals surface area contributed by atoms with E-state index in [9.17, 15) is 19.8 Å². The normalized spacial score (nSPS) is 12.6. The lowest BCUT2D eigenvalue weighted by Gasteiger charge is -2.22. The van der Waals surface area contributed by atoms with Crippen LogP contribution >= 0.6 is 0 Å². The van der Waals surface area contributed by atoms with Crippen molar-refractivity contribution >= 4 is 11.9 Å². The maximum absolute atomic E-state index is 12.6. The van der Waals surface area contributed by atoms with Crippen LogP contribution in [0.4, 0.5) is 0 Å². The molecular weight excluding hydrogens is 1190 g/mol. The Kier molecular flexibility index (Phi) is 84.8. The van der Waals surface area contributed by atoms with Crippen LogP contribution in [0.5, 0.6) is 0 Å². The van der Waals surface area contributed by atoms with E-state index in [2.05, 4.69) is 55.6 Å². The van der Waals surface area contributed by atoms with Gasteiger partial charge in [-0.15, -0.1) is 0 Å². The minimum atomic E-state index is -0.663. The van der Waals surface area contributed by atoms with Gasteiger partial charge in [-0.05, 0) is 83.5 Å². The summed E-state index contributed by atoms with van der Waals surface area (Å²) in [6.07, 6.45) is 114. The first-order chi connectivity index (χ1) is 48.0. The number of rotatable bonds is 85. The maximum Gasteiger partial charge on any atom is 0.305 e. The zero-order chi connectivity index (χ0) is 69.8. The largest absolute Gasteiger partial charge is 0.466 e. The number of carbonyl (C=O) groups is 2. The van der Waals surface area contributed by atoms with Crippen molar-refractivity contribution in [3.63, 3.8) is 0 Å². The Hall–Kier alpha value is -1.92. The highest BCUT2D eigenvalue weighted by atomic mass is 16.5. The Balaban J connectivity index is 3.33. The van der Waals surface area contributed by atoms with Gasteiger partial charge >= 0.3 is 5.97 Å². The quantitative estimate of drug-likeness (QED) is 0.0320. The van der Waals surface area contributed by atoms with Crippen LogP contribution in [0.25, 0.3) is 0 Å². The molecule has 1 amide bonds. The number of aliphatic hydroxyl groups is 2. The zero-order valence-corrected chi connectivity index (χ0v) is 66.1. The van der Waals surface area contributed by atoms with E-state index in [-0.39, 0.29) is 18.5 Å². The van der Waals surface area contributed by atoms with Crippen LogP contribution in [0.15, 0.2) is 36.5 Å². The van der Waals surface area contributed by atoms with E-state index in [0.717, 1.165) is 51.4 Å². The molecule has 97 heavy (non-hydrogen) atoms. The predicted molar refractivity (Wildman–Crippen MR) is 430 cm³/mol. The van der Waals surface area contributed by atoms with Crippen LogP contribution in [-0.2, 0) is 14.3 Å². The minimum absolute atomic E-state index is 0.00989. The number of hydrogen-bond acceptors (Lipinski definition) is 5. The molecule has 2 unspecified atom stereocenters. The Labute approximate surface area is 608 Å². The molecule has 0 rings (SSSR count). The topological polar surface area (TPSA) is 95.9 Å². The second kappa shape index (κ2) is 86.5. The lowest BCUT2D eigenvalue weighted by molar-refractivity contribution is -0.143. The summed E-state index contributed by atoms with van der Waals surface area (Å²) in [6, 6.07) is -0.540. The van der Waals surface area contributed by atoms with Gasteiger partial charge in [-0.25, -0.2) is 0 Å². The van der Waals surface area contributed by atoms with E-state index >= 15 is 0 Å². The maximum atomic E-state index is 12.6. The van der Waals surface area contributed by atoms with Crippen LogP contribution in [0.1, 0.15) is 508 Å². The fourth-order valence-corrected chi connectivity index (χ4v) is 14.4. The fraction of sp³-hybridized carbons (Fsp3) is 0.912. The van der Waals surface area contributed by atoms with E-state index in [1.54, 1.807) is 0 Å². The van der Waals surface area contributed by atoms with Gasteiger partial charge in [0.05, 0.1) is 25.4 Å². The Bertz CT molecular complexity index is 1570. The number of unbranched alkanes of at least 4 members (excludes halogenated alkanes) is 68. The Morgan fingerprint density at radius 2 is 0.515 bits per heavy atom. The molecule has 0 spiro atoms. The number of hydrogen-bond donors (Lipinski definition) is 3. The van der Waals surface area contributed by atoms with Gasteiger partial charge in [-0.3, -0.25) is 9.59 Å². The number of aliphatic hydroxyl groups excluding tert-OH is 2. The third kappa shape index (κ3) is 82.9. The second-order valence-electron chi connectivity index (χ2n) is 30.9. The summed E-state index contributed by atoms with van der Waals surface area (Å²) in [5, 5.41) is 23.5. The van der Waals surface area contributed by atoms with Gasteiger partial charge in [0.1, 0.15) is 0 Å². The lowest BCUT2D eigenvalue weighted by Crippen LogP contribution is -2.45. The highest BCUT2D eigenvalue weighted by molar-refractivity contribution is 5.76. The third-order valence-electron chi connectivity index (χ3n) is 21.2. The molecule has 0 fully saturated rings. The summed E-state index contributed by atoms with van der Waals surface area (Å²) >= 11 is 0. The molecule has 574 valence electrons. The van der Waals surface area contributed by atoms with Gasteiger partial charge in [0.2, 0.25) is 5.91 Å². The fourth-order valence-electron chi connectivity index (χ4n) is 14.4. The highest BCUT2D eigenvalue weighted by Gasteiger charge is 2.20. The van der Waals surface area contributed by atoms with E-state index in [4.69, 9.17) is 4.74 Å². The Morgan fingerprint density at radius 3 is 0.804 bits per heavy atom. The number of nitrogens with one attached hydrogen (secondary N) is 1. The first kappa shape index (κ1) is 95.1. The molecule has 0 aromatic heterocycles. The highest BCUT2D eigenvalue weighted by Crippen LogP contribution is 2.21. The van der Waals surface area contributed by atoms with E-state index < -0.39 is 12.1 Å². The zero-order valence-electron chi connectivity index (χ0n) is 66.1. The van der Waals surface area contributed by atoms with E-state index in [0.29, 0.717) is 25.9 Å². The molecule has 6 nitrogen and oxygen atoms in total. The first-order valence-electron chi connectivity index (χ1n) is 44.7. The molecule has 6 heteroatoms. The van der Waals surface area contributed by atoms with Crippen LogP contribution in [-0.4, -0.2) is 47.4 Å². The van der Waals surface area contributed by atoms with Gasteiger partial charge in [-0.2, -0.15) is 0 Å². The van der Waals surface area contributed by atoms with Crippen molar-refractivity contribution in [3.05, 3.63) is 36.5 Å². The van der Waals surface area contributed by atoms with E-state index in [1.807, 2.05) is 0 Å². The standard InChI is InChI=1S/C91H175NO5/c1-3-5-7-9-11-13-15-17-19-21-22-23-24-40-43-46-49-52-55-59-63-67-71-75-79-83-89(94)88(87-93)92-90(95)84-80-76-72-68-64-60-56-53-50-47-44-41-38-36-34-32-30-28-26-25-27-29-31-33-35-37-39-42-45-48-51-54-58-62-66-70-74-78-82-86-97-91(96)85-81-77-73-69-65-61-57-20-18-16-14-12-10-8-6-4-2/h14,16,20,25-26,57,88-89,93-94H,3-13,15,17-19,21-24,27-56,58-87H2,1-2H3,(H,92,95)/b16-14-,26-25-,57-20-. The minimum Gasteiger partial charge on any atom is -0.466 e. The van der Waals surface area contributed by atoms with Crippen molar-refractivity contribution in [2.24, 2.45) is 0 Å². The molecule has 0 aromatic carbocycles. The summed E-state index contributed by atoms with van der Waals surface area (Å²) < 4.78 is 5.50. The number of esters is 1. The lowest BCUT2D eigenvalue weighted by atomic mass is 10.0. The summed E-state index contributed by atoms with van der Waals surface area (Å²) in [6.45, 7) is 4.99. The van der Waals surface area contributed by atoms with Gasteiger partial charge in [-0.1, -0.05) is 448 Å². The van der Waals surface area contributed by atoms with Crippen molar-refractivity contribution < 1.29 is 24.5 Å².